The Morgan fingerprint density at radius 1 is 1.55 bits per heavy atom. The number of carboxylic acids is 1. The van der Waals surface area contributed by atoms with E-state index >= 15 is 0 Å². The monoisotopic (exact) mass is 278 g/mol. The molecule has 1 aliphatic heterocycles. The fraction of sp³-hybridized carbons (Fsp3) is 0.538. The van der Waals surface area contributed by atoms with Crippen molar-refractivity contribution >= 4 is 12.0 Å². The molecule has 1 aromatic heterocycles. The summed E-state index contributed by atoms with van der Waals surface area (Å²) in [5.74, 6) is -0.350. The van der Waals surface area contributed by atoms with Crippen LogP contribution in [0.3, 0.4) is 0 Å². The van der Waals surface area contributed by atoms with Crippen molar-refractivity contribution in [1.29, 1.82) is 0 Å². The molecule has 2 atom stereocenters. The lowest BCUT2D eigenvalue weighted by Gasteiger charge is -2.23. The molecule has 0 bridgehead atoms. The highest BCUT2D eigenvalue weighted by Crippen LogP contribution is 2.24. The highest BCUT2D eigenvalue weighted by molar-refractivity contribution is 5.83. The molecular weight excluding hydrogens is 260 g/mol. The number of hydrogen-bond acceptors (Lipinski definition) is 4. The molecule has 1 aliphatic rings. The SMILES string of the molecule is Cc1nccc(CNC(=O)N2CCC(C)C2C(=O)O)n1. The van der Waals surface area contributed by atoms with Crippen LogP contribution in [0.1, 0.15) is 24.9 Å². The molecule has 0 radical (unpaired) electrons. The molecule has 2 heterocycles. The van der Waals surface area contributed by atoms with Gasteiger partial charge in [-0.1, -0.05) is 6.92 Å². The van der Waals surface area contributed by atoms with E-state index in [0.29, 0.717) is 24.5 Å². The highest BCUT2D eigenvalue weighted by atomic mass is 16.4. The lowest BCUT2D eigenvalue weighted by Crippen LogP contribution is -2.47. The van der Waals surface area contributed by atoms with Gasteiger partial charge in [0, 0.05) is 12.7 Å². The number of rotatable bonds is 3. The van der Waals surface area contributed by atoms with Gasteiger partial charge in [0.1, 0.15) is 11.9 Å². The molecule has 2 amide bonds. The number of urea groups is 1. The van der Waals surface area contributed by atoms with E-state index in [1.807, 2.05) is 6.92 Å². The summed E-state index contributed by atoms with van der Waals surface area (Å²) in [5.41, 5.74) is 0.699. The third kappa shape index (κ3) is 3.04. The summed E-state index contributed by atoms with van der Waals surface area (Å²) in [6, 6.07) is 0.606. The highest BCUT2D eigenvalue weighted by Gasteiger charge is 2.39. The first-order valence-electron chi connectivity index (χ1n) is 6.55. The number of nitrogens with zero attached hydrogens (tertiary/aromatic N) is 3. The molecular formula is C13H18N4O3. The van der Waals surface area contributed by atoms with Crippen molar-refractivity contribution in [2.24, 2.45) is 5.92 Å². The van der Waals surface area contributed by atoms with Gasteiger partial charge in [0.15, 0.2) is 0 Å². The summed E-state index contributed by atoms with van der Waals surface area (Å²) >= 11 is 0. The van der Waals surface area contributed by atoms with Crippen LogP contribution in [0.2, 0.25) is 0 Å². The molecule has 1 fully saturated rings. The zero-order chi connectivity index (χ0) is 14.7. The van der Waals surface area contributed by atoms with Crippen LogP contribution in [-0.4, -0.2) is 44.6 Å². The molecule has 20 heavy (non-hydrogen) atoms. The summed E-state index contributed by atoms with van der Waals surface area (Å²) in [6.45, 7) is 4.35. The molecule has 0 spiro atoms. The summed E-state index contributed by atoms with van der Waals surface area (Å²) in [5, 5.41) is 11.9. The summed E-state index contributed by atoms with van der Waals surface area (Å²) in [6.07, 6.45) is 2.33. The van der Waals surface area contributed by atoms with Gasteiger partial charge < -0.3 is 15.3 Å². The minimum absolute atomic E-state index is 0.0282. The molecule has 2 rings (SSSR count). The fourth-order valence-electron chi connectivity index (χ4n) is 2.42. The molecule has 7 nitrogen and oxygen atoms in total. The normalized spacial score (nSPS) is 21.8. The average molecular weight is 278 g/mol. The third-order valence-electron chi connectivity index (χ3n) is 3.47. The molecule has 0 aliphatic carbocycles. The molecule has 0 saturated carbocycles. The van der Waals surface area contributed by atoms with Gasteiger partial charge >= 0.3 is 12.0 Å². The maximum atomic E-state index is 12.1. The van der Waals surface area contributed by atoms with Gasteiger partial charge in [0.2, 0.25) is 0 Å². The van der Waals surface area contributed by atoms with Gasteiger partial charge in [0.05, 0.1) is 12.2 Å². The van der Waals surface area contributed by atoms with E-state index in [-0.39, 0.29) is 18.5 Å². The van der Waals surface area contributed by atoms with Crippen LogP contribution in [0.15, 0.2) is 12.3 Å². The number of carboxylic acid groups (broad SMARTS) is 1. The van der Waals surface area contributed by atoms with E-state index in [1.165, 1.54) is 4.90 Å². The number of carbonyl (C=O) groups is 2. The molecule has 1 saturated heterocycles. The first kappa shape index (κ1) is 14.2. The second kappa shape index (κ2) is 5.85. The quantitative estimate of drug-likeness (QED) is 0.852. The van der Waals surface area contributed by atoms with Crippen LogP contribution < -0.4 is 5.32 Å². The van der Waals surface area contributed by atoms with Crippen LogP contribution >= 0.6 is 0 Å². The van der Waals surface area contributed by atoms with Crippen LogP contribution in [-0.2, 0) is 11.3 Å². The van der Waals surface area contributed by atoms with Crippen LogP contribution in [0, 0.1) is 12.8 Å². The molecule has 7 heteroatoms. The Morgan fingerprint density at radius 3 is 2.95 bits per heavy atom. The van der Waals surface area contributed by atoms with Crippen molar-refractivity contribution in [3.63, 3.8) is 0 Å². The standard InChI is InChI=1S/C13H18N4O3/c1-8-4-6-17(11(8)12(18)19)13(20)15-7-10-3-5-14-9(2)16-10/h3,5,8,11H,4,6-7H2,1-2H3,(H,15,20)(H,18,19). The van der Waals surface area contributed by atoms with Crippen LogP contribution in [0.4, 0.5) is 4.79 Å². The number of amides is 2. The van der Waals surface area contributed by atoms with Crippen molar-refractivity contribution in [2.75, 3.05) is 6.54 Å². The Hall–Kier alpha value is -2.18. The Labute approximate surface area is 117 Å². The van der Waals surface area contributed by atoms with Gasteiger partial charge in [-0.25, -0.2) is 19.6 Å². The van der Waals surface area contributed by atoms with Gasteiger partial charge in [-0.15, -0.1) is 0 Å². The van der Waals surface area contributed by atoms with Crippen molar-refractivity contribution in [3.8, 4) is 0 Å². The topological polar surface area (TPSA) is 95.4 Å². The number of likely N-dealkylation sites (tertiary alicyclic amines) is 1. The zero-order valence-corrected chi connectivity index (χ0v) is 11.5. The average Bonchev–Trinajstić information content (AvgIpc) is 2.78. The molecule has 108 valence electrons. The second-order valence-electron chi connectivity index (χ2n) is 5.00. The molecule has 1 aromatic rings. The third-order valence-corrected chi connectivity index (χ3v) is 3.47. The van der Waals surface area contributed by atoms with Crippen molar-refractivity contribution < 1.29 is 14.7 Å². The lowest BCUT2D eigenvalue weighted by atomic mass is 10.0. The summed E-state index contributed by atoms with van der Waals surface area (Å²) < 4.78 is 0. The smallest absolute Gasteiger partial charge is 0.326 e. The maximum absolute atomic E-state index is 12.1. The second-order valence-corrected chi connectivity index (χ2v) is 5.00. The number of aryl methyl sites for hydroxylation is 1. The van der Waals surface area contributed by atoms with Crippen LogP contribution in [0.5, 0.6) is 0 Å². The Kier molecular flexibility index (Phi) is 4.16. The first-order valence-corrected chi connectivity index (χ1v) is 6.55. The van der Waals surface area contributed by atoms with Gasteiger partial charge in [-0.2, -0.15) is 0 Å². The Balaban J connectivity index is 1.96. The Morgan fingerprint density at radius 2 is 2.30 bits per heavy atom. The number of carbonyl (C=O) groups excluding carboxylic acids is 1. The predicted octanol–water partition coefficient (Wildman–Crippen LogP) is 0.790. The van der Waals surface area contributed by atoms with Gasteiger partial charge in [-0.3, -0.25) is 0 Å². The molecule has 0 aromatic carbocycles. The predicted molar refractivity (Wildman–Crippen MR) is 70.9 cm³/mol. The van der Waals surface area contributed by atoms with E-state index in [4.69, 9.17) is 0 Å². The maximum Gasteiger partial charge on any atom is 0.326 e. The van der Waals surface area contributed by atoms with Crippen molar-refractivity contribution in [1.82, 2.24) is 20.2 Å². The molecule has 2 N–H and O–H groups in total. The minimum Gasteiger partial charge on any atom is -0.480 e. The van der Waals surface area contributed by atoms with Gasteiger partial charge in [-0.05, 0) is 25.3 Å². The zero-order valence-electron chi connectivity index (χ0n) is 11.5. The van der Waals surface area contributed by atoms with Crippen LogP contribution in [0.25, 0.3) is 0 Å². The lowest BCUT2D eigenvalue weighted by molar-refractivity contribution is -0.142. The van der Waals surface area contributed by atoms with E-state index in [0.717, 1.165) is 0 Å². The van der Waals surface area contributed by atoms with Gasteiger partial charge in [0.25, 0.3) is 0 Å². The van der Waals surface area contributed by atoms with Crippen molar-refractivity contribution in [2.45, 2.75) is 32.9 Å². The number of hydrogen-bond donors (Lipinski definition) is 2. The van der Waals surface area contributed by atoms with Crippen molar-refractivity contribution in [3.05, 3.63) is 23.8 Å². The fourth-order valence-corrected chi connectivity index (χ4v) is 2.42. The minimum atomic E-state index is -0.956. The first-order chi connectivity index (χ1) is 9.49. The summed E-state index contributed by atoms with van der Waals surface area (Å²) in [7, 11) is 0. The summed E-state index contributed by atoms with van der Waals surface area (Å²) in [4.78, 5) is 32.8. The van der Waals surface area contributed by atoms with E-state index in [9.17, 15) is 14.7 Å². The van der Waals surface area contributed by atoms with E-state index in [2.05, 4.69) is 15.3 Å². The number of aliphatic carboxylic acids is 1. The van der Waals surface area contributed by atoms with E-state index < -0.39 is 12.0 Å². The number of aromatic nitrogens is 2. The number of nitrogens with one attached hydrogen (secondary N) is 1. The molecule has 2 unspecified atom stereocenters. The van der Waals surface area contributed by atoms with E-state index in [1.54, 1.807) is 19.2 Å². The Bertz CT molecular complexity index is 520. The largest absolute Gasteiger partial charge is 0.480 e.